The number of hydrogen-bond donors (Lipinski definition) is 2. The third kappa shape index (κ3) is 4.37. The van der Waals surface area contributed by atoms with Crippen molar-refractivity contribution in [2.45, 2.75) is 20.0 Å². The number of nitrogens with one attached hydrogen (secondary N) is 2. The second-order valence-corrected chi connectivity index (χ2v) is 7.00. The highest BCUT2D eigenvalue weighted by molar-refractivity contribution is 5.78. The van der Waals surface area contributed by atoms with E-state index in [9.17, 15) is 4.79 Å². The van der Waals surface area contributed by atoms with E-state index in [4.69, 9.17) is 0 Å². The maximum absolute atomic E-state index is 11.5. The Kier molecular flexibility index (Phi) is 5.34. The number of hydrogen-bond acceptors (Lipinski definition) is 5. The first-order valence-electron chi connectivity index (χ1n) is 9.45. The van der Waals surface area contributed by atoms with Crippen LogP contribution in [0.5, 0.6) is 0 Å². The molecule has 2 aromatic heterocycles. The lowest BCUT2D eigenvalue weighted by Gasteiger charge is -2.26. The molecule has 1 saturated heterocycles. The smallest absolute Gasteiger partial charge is 0.234 e. The van der Waals surface area contributed by atoms with Gasteiger partial charge in [0.25, 0.3) is 0 Å². The SMILES string of the molecule is Cc1nn(-c2ccncc2)cc1CNc1cccc(CN2CCNC(=O)C2)c1. The topological polar surface area (TPSA) is 75.1 Å². The van der Waals surface area contributed by atoms with E-state index in [2.05, 4.69) is 49.9 Å². The van der Waals surface area contributed by atoms with Gasteiger partial charge in [-0.05, 0) is 36.8 Å². The van der Waals surface area contributed by atoms with Gasteiger partial charge in [0.05, 0.1) is 17.9 Å². The number of rotatable bonds is 6. The number of benzene rings is 1. The minimum Gasteiger partial charge on any atom is -0.381 e. The van der Waals surface area contributed by atoms with Crippen molar-refractivity contribution in [3.8, 4) is 5.69 Å². The molecule has 0 bridgehead atoms. The van der Waals surface area contributed by atoms with Crippen LogP contribution in [0, 0.1) is 6.92 Å². The van der Waals surface area contributed by atoms with Crippen LogP contribution in [0.15, 0.2) is 55.0 Å². The molecule has 7 heteroatoms. The quantitative estimate of drug-likeness (QED) is 0.689. The van der Waals surface area contributed by atoms with Crippen LogP contribution in [0.4, 0.5) is 5.69 Å². The number of anilines is 1. The molecule has 144 valence electrons. The summed E-state index contributed by atoms with van der Waals surface area (Å²) in [6.07, 6.45) is 5.58. The van der Waals surface area contributed by atoms with E-state index in [0.29, 0.717) is 13.1 Å². The van der Waals surface area contributed by atoms with Crippen molar-refractivity contribution in [2.75, 3.05) is 25.0 Å². The molecule has 3 aromatic rings. The monoisotopic (exact) mass is 376 g/mol. The van der Waals surface area contributed by atoms with Crippen LogP contribution in [-0.2, 0) is 17.9 Å². The largest absolute Gasteiger partial charge is 0.381 e. The van der Waals surface area contributed by atoms with Crippen LogP contribution in [0.2, 0.25) is 0 Å². The predicted octanol–water partition coefficient (Wildman–Crippen LogP) is 2.12. The molecule has 0 saturated carbocycles. The average Bonchev–Trinajstić information content (AvgIpc) is 3.08. The number of piperazine rings is 1. The van der Waals surface area contributed by atoms with Crippen molar-refractivity contribution < 1.29 is 4.79 Å². The third-order valence-electron chi connectivity index (χ3n) is 4.86. The molecule has 0 spiro atoms. The van der Waals surface area contributed by atoms with Gasteiger partial charge in [-0.2, -0.15) is 5.10 Å². The van der Waals surface area contributed by atoms with Crippen molar-refractivity contribution in [2.24, 2.45) is 0 Å². The maximum atomic E-state index is 11.5. The molecule has 0 aliphatic carbocycles. The molecule has 1 fully saturated rings. The first-order valence-corrected chi connectivity index (χ1v) is 9.45. The Hall–Kier alpha value is -3.19. The highest BCUT2D eigenvalue weighted by Gasteiger charge is 2.16. The number of nitrogens with zero attached hydrogens (tertiary/aromatic N) is 4. The van der Waals surface area contributed by atoms with Gasteiger partial charge in [-0.1, -0.05) is 12.1 Å². The Morgan fingerprint density at radius 1 is 1.21 bits per heavy atom. The van der Waals surface area contributed by atoms with Crippen LogP contribution >= 0.6 is 0 Å². The number of carbonyl (C=O) groups excluding carboxylic acids is 1. The van der Waals surface area contributed by atoms with E-state index in [-0.39, 0.29) is 5.91 Å². The molecule has 0 unspecified atom stereocenters. The fourth-order valence-corrected chi connectivity index (χ4v) is 3.36. The van der Waals surface area contributed by atoms with E-state index < -0.39 is 0 Å². The van der Waals surface area contributed by atoms with Gasteiger partial charge in [0, 0.05) is 56.0 Å². The lowest BCUT2D eigenvalue weighted by atomic mass is 10.1. The standard InChI is InChI=1S/C21H24N6O/c1-16-18(14-27(25-16)20-5-7-22-8-6-20)12-24-19-4-2-3-17(11-19)13-26-10-9-23-21(28)15-26/h2-8,11,14,24H,9-10,12-13,15H2,1H3,(H,23,28). The molecule has 0 radical (unpaired) electrons. The van der Waals surface area contributed by atoms with Crippen molar-refractivity contribution >= 4 is 11.6 Å². The summed E-state index contributed by atoms with van der Waals surface area (Å²) in [4.78, 5) is 17.8. The second-order valence-electron chi connectivity index (χ2n) is 7.00. The molecule has 4 rings (SSSR count). The first kappa shape index (κ1) is 18.2. The second kappa shape index (κ2) is 8.22. The molecule has 1 aliphatic rings. The predicted molar refractivity (Wildman–Crippen MR) is 108 cm³/mol. The summed E-state index contributed by atoms with van der Waals surface area (Å²) in [5, 5.41) is 11.0. The van der Waals surface area contributed by atoms with Gasteiger partial charge >= 0.3 is 0 Å². The number of carbonyl (C=O) groups is 1. The van der Waals surface area contributed by atoms with Gasteiger partial charge in [0.2, 0.25) is 5.91 Å². The van der Waals surface area contributed by atoms with Crippen LogP contribution < -0.4 is 10.6 Å². The molecule has 28 heavy (non-hydrogen) atoms. The average molecular weight is 376 g/mol. The van der Waals surface area contributed by atoms with Gasteiger partial charge in [-0.3, -0.25) is 14.7 Å². The van der Waals surface area contributed by atoms with Crippen molar-refractivity contribution in [1.82, 2.24) is 25.0 Å². The molecule has 0 atom stereocenters. The molecule has 1 amide bonds. The Bertz CT molecular complexity index is 953. The van der Waals surface area contributed by atoms with Gasteiger partial charge in [-0.15, -0.1) is 0 Å². The Morgan fingerprint density at radius 2 is 2.07 bits per heavy atom. The Balaban J connectivity index is 1.40. The highest BCUT2D eigenvalue weighted by Crippen LogP contribution is 2.16. The molecule has 1 aromatic carbocycles. The highest BCUT2D eigenvalue weighted by atomic mass is 16.2. The minimum absolute atomic E-state index is 0.0993. The summed E-state index contributed by atoms with van der Waals surface area (Å²) in [6.45, 7) is 5.57. The number of aryl methyl sites for hydroxylation is 1. The fraction of sp³-hybridized carbons (Fsp3) is 0.286. The van der Waals surface area contributed by atoms with Crippen molar-refractivity contribution in [3.05, 3.63) is 71.8 Å². The Labute approximate surface area is 164 Å². The summed E-state index contributed by atoms with van der Waals surface area (Å²) in [6, 6.07) is 12.2. The van der Waals surface area contributed by atoms with E-state index in [1.165, 1.54) is 5.56 Å². The fourth-order valence-electron chi connectivity index (χ4n) is 3.36. The van der Waals surface area contributed by atoms with Crippen molar-refractivity contribution in [3.63, 3.8) is 0 Å². The summed E-state index contributed by atoms with van der Waals surface area (Å²) >= 11 is 0. The summed E-state index contributed by atoms with van der Waals surface area (Å²) < 4.78 is 1.88. The molecular weight excluding hydrogens is 352 g/mol. The van der Waals surface area contributed by atoms with E-state index in [0.717, 1.165) is 42.3 Å². The van der Waals surface area contributed by atoms with Crippen molar-refractivity contribution in [1.29, 1.82) is 0 Å². The molecular formula is C21H24N6O. The van der Waals surface area contributed by atoms with Crippen LogP contribution in [0.3, 0.4) is 0 Å². The summed E-state index contributed by atoms with van der Waals surface area (Å²) in [5.41, 5.74) is 5.41. The zero-order valence-electron chi connectivity index (χ0n) is 15.9. The van der Waals surface area contributed by atoms with Gasteiger partial charge < -0.3 is 10.6 Å². The number of aromatic nitrogens is 3. The van der Waals surface area contributed by atoms with E-state index in [1.807, 2.05) is 29.9 Å². The van der Waals surface area contributed by atoms with E-state index in [1.54, 1.807) is 12.4 Å². The molecule has 3 heterocycles. The van der Waals surface area contributed by atoms with Gasteiger partial charge in [0.15, 0.2) is 0 Å². The number of pyridine rings is 1. The van der Waals surface area contributed by atoms with Crippen LogP contribution in [0.1, 0.15) is 16.8 Å². The lowest BCUT2D eigenvalue weighted by molar-refractivity contribution is -0.124. The molecule has 2 N–H and O–H groups in total. The number of amides is 1. The zero-order chi connectivity index (χ0) is 19.3. The maximum Gasteiger partial charge on any atom is 0.234 e. The lowest BCUT2D eigenvalue weighted by Crippen LogP contribution is -2.47. The molecule has 7 nitrogen and oxygen atoms in total. The van der Waals surface area contributed by atoms with Gasteiger partial charge in [-0.25, -0.2) is 4.68 Å². The Morgan fingerprint density at radius 3 is 2.89 bits per heavy atom. The minimum atomic E-state index is 0.0993. The van der Waals surface area contributed by atoms with Crippen LogP contribution in [-0.4, -0.2) is 45.2 Å². The normalized spacial score (nSPS) is 14.7. The summed E-state index contributed by atoms with van der Waals surface area (Å²) in [7, 11) is 0. The van der Waals surface area contributed by atoms with E-state index >= 15 is 0 Å². The molecule has 1 aliphatic heterocycles. The summed E-state index contributed by atoms with van der Waals surface area (Å²) in [5.74, 6) is 0.0993. The van der Waals surface area contributed by atoms with Gasteiger partial charge in [0.1, 0.15) is 0 Å². The van der Waals surface area contributed by atoms with Crippen LogP contribution in [0.25, 0.3) is 5.69 Å². The third-order valence-corrected chi connectivity index (χ3v) is 4.86. The zero-order valence-corrected chi connectivity index (χ0v) is 15.9. The first-order chi connectivity index (χ1) is 13.7.